The van der Waals surface area contributed by atoms with Gasteiger partial charge in [0.1, 0.15) is 69.4 Å². The minimum Gasteiger partial charge on any atom is -0.486 e. The molecule has 7 aliphatic rings. The molecule has 2 unspecified atom stereocenters. The molecule has 6 heterocycles. The highest BCUT2D eigenvalue weighted by Crippen LogP contribution is 2.52. The first-order valence-electron chi connectivity index (χ1n) is 24.2. The number of hydrogen-bond acceptors (Lipinski definition) is 6. The number of fused-ring (bicyclic) bond motifs is 21. The third-order valence-electron chi connectivity index (χ3n) is 16.1. The normalized spacial score (nSPS) is 17.6. The van der Waals surface area contributed by atoms with Crippen molar-refractivity contribution in [3.8, 4) is 57.5 Å². The number of benzene rings is 9. The summed E-state index contributed by atoms with van der Waals surface area (Å²) in [6.45, 7) is 12.6. The molecular formula is C60H41B3O6. The van der Waals surface area contributed by atoms with Gasteiger partial charge in [0, 0.05) is 32.9 Å². The predicted molar refractivity (Wildman–Crippen MR) is 280 cm³/mol. The highest BCUT2D eigenvalue weighted by molar-refractivity contribution is 6.99. The molecule has 0 N–H and O–H groups in total. The molecule has 0 fully saturated rings. The summed E-state index contributed by atoms with van der Waals surface area (Å²) in [5.74, 6) is 9.55. The van der Waals surface area contributed by atoms with E-state index >= 15 is 0 Å². The van der Waals surface area contributed by atoms with E-state index in [4.69, 9.17) is 28.4 Å². The first-order valence-corrected chi connectivity index (χ1v) is 24.2. The van der Waals surface area contributed by atoms with Crippen molar-refractivity contribution < 1.29 is 28.4 Å². The van der Waals surface area contributed by atoms with Crippen molar-refractivity contribution >= 4 is 96.2 Å². The summed E-state index contributed by atoms with van der Waals surface area (Å²) in [4.78, 5) is 0. The van der Waals surface area contributed by atoms with Gasteiger partial charge in [-0.15, -0.1) is 0 Å². The molecule has 69 heavy (non-hydrogen) atoms. The molecule has 6 nitrogen and oxygen atoms in total. The van der Waals surface area contributed by atoms with Crippen molar-refractivity contribution in [1.82, 2.24) is 0 Å². The van der Waals surface area contributed by atoms with E-state index in [1.54, 1.807) is 0 Å². The summed E-state index contributed by atoms with van der Waals surface area (Å²) in [6.07, 6.45) is 4.24. The van der Waals surface area contributed by atoms with Gasteiger partial charge in [-0.05, 0) is 178 Å². The molecule has 0 aromatic heterocycles. The molecular weight excluding hydrogens is 849 g/mol. The lowest BCUT2D eigenvalue weighted by molar-refractivity contribution is 0.220. The lowest BCUT2D eigenvalue weighted by Crippen LogP contribution is -2.58. The first kappa shape index (κ1) is 38.2. The van der Waals surface area contributed by atoms with Gasteiger partial charge in [-0.3, -0.25) is 0 Å². The van der Waals surface area contributed by atoms with Gasteiger partial charge in [-0.2, -0.15) is 0 Å². The van der Waals surface area contributed by atoms with Crippen molar-refractivity contribution in [2.45, 2.75) is 53.5 Å². The van der Waals surface area contributed by atoms with Crippen molar-refractivity contribution in [2.75, 3.05) is 0 Å². The van der Waals surface area contributed by atoms with Gasteiger partial charge in [0.25, 0.3) is 13.4 Å². The summed E-state index contributed by atoms with van der Waals surface area (Å²) < 4.78 is 42.6. The molecule has 6 aliphatic heterocycles. The molecule has 326 valence electrons. The molecule has 16 rings (SSSR count). The van der Waals surface area contributed by atoms with Crippen LogP contribution in [-0.2, 0) is 0 Å². The van der Waals surface area contributed by atoms with Gasteiger partial charge in [0.05, 0.1) is 0 Å². The van der Waals surface area contributed by atoms with Crippen LogP contribution in [-0.4, -0.2) is 26.2 Å². The van der Waals surface area contributed by atoms with E-state index in [1.165, 1.54) is 11.0 Å². The standard InChI is InChI=1S/C60H41B3O6/c1-28-7-13-37-43(19-28)64-46-22-31(4)25-49-55(46)61(37)40-16-10-34-52(58(40)67-49)35-11-17-41-60(69-51-27-33(6)24-48-57(51)62(41)38-14-8-29(2)20-44(38)65-48)54(35)36-12-18-42-59(53(34)36)68-50-26-32(5)23-47-56(50)63(42)39-15-9-30(3)21-45(39)66-47/h7-27,49,55H,1-6H3. The van der Waals surface area contributed by atoms with E-state index in [0.29, 0.717) is 0 Å². The van der Waals surface area contributed by atoms with Crippen LogP contribution in [0.1, 0.15) is 34.7 Å². The van der Waals surface area contributed by atoms with Crippen LogP contribution in [0.15, 0.2) is 139 Å². The average molecular weight is 890 g/mol. The fraction of sp³-hybridized carbons (Fsp3) is 0.133. The first-order chi connectivity index (χ1) is 33.6. The minimum atomic E-state index is -0.242. The van der Waals surface area contributed by atoms with Crippen LogP contribution in [0.3, 0.4) is 0 Å². The summed E-state index contributed by atoms with van der Waals surface area (Å²) in [5.41, 5.74) is 15.7. The van der Waals surface area contributed by atoms with E-state index in [-0.39, 0.29) is 32.1 Å². The lowest BCUT2D eigenvalue weighted by atomic mass is 9.30. The number of aryl methyl sites for hydroxylation is 5. The molecule has 9 aromatic rings. The maximum atomic E-state index is 7.52. The highest BCUT2D eigenvalue weighted by Gasteiger charge is 2.51. The molecule has 0 amide bonds. The van der Waals surface area contributed by atoms with Crippen LogP contribution in [0.2, 0.25) is 5.82 Å². The van der Waals surface area contributed by atoms with Gasteiger partial charge in [-0.1, -0.05) is 72.8 Å². The van der Waals surface area contributed by atoms with Crippen molar-refractivity contribution in [1.29, 1.82) is 0 Å². The van der Waals surface area contributed by atoms with E-state index in [1.807, 2.05) is 0 Å². The summed E-state index contributed by atoms with van der Waals surface area (Å²) in [7, 11) is 0. The van der Waals surface area contributed by atoms with Gasteiger partial charge in [0.2, 0.25) is 6.71 Å². The molecule has 2 atom stereocenters. The van der Waals surface area contributed by atoms with Crippen LogP contribution >= 0.6 is 0 Å². The molecule has 0 radical (unpaired) electrons. The summed E-state index contributed by atoms with van der Waals surface area (Å²) in [5, 5.41) is 6.33. The second-order valence-electron chi connectivity index (χ2n) is 20.6. The Morgan fingerprint density at radius 2 is 0.797 bits per heavy atom. The number of hydrogen-bond donors (Lipinski definition) is 0. The number of rotatable bonds is 0. The Labute approximate surface area is 400 Å². The zero-order valence-corrected chi connectivity index (χ0v) is 39.0. The molecule has 0 spiro atoms. The molecule has 0 bridgehead atoms. The predicted octanol–water partition coefficient (Wildman–Crippen LogP) is 9.12. The zero-order valence-electron chi connectivity index (χ0n) is 39.0. The highest BCUT2D eigenvalue weighted by atomic mass is 16.5. The Bertz CT molecular complexity index is 3880. The fourth-order valence-electron chi connectivity index (χ4n) is 13.2. The maximum absolute atomic E-state index is 7.52. The molecule has 9 heteroatoms. The third kappa shape index (κ3) is 4.99. The van der Waals surface area contributed by atoms with Crippen LogP contribution in [0.25, 0.3) is 32.3 Å². The van der Waals surface area contributed by atoms with Crippen LogP contribution < -0.4 is 72.1 Å². The smallest absolute Gasteiger partial charge is 0.260 e. The lowest BCUT2D eigenvalue weighted by Gasteiger charge is -2.43. The van der Waals surface area contributed by atoms with Crippen molar-refractivity contribution in [2.24, 2.45) is 0 Å². The van der Waals surface area contributed by atoms with Gasteiger partial charge in [-0.25, -0.2) is 0 Å². The second-order valence-corrected chi connectivity index (χ2v) is 20.6. The zero-order chi connectivity index (χ0) is 45.9. The van der Waals surface area contributed by atoms with E-state index < -0.39 is 0 Å². The van der Waals surface area contributed by atoms with E-state index in [0.717, 1.165) is 162 Å². The SMILES string of the molecule is CC1=CC2Oc3c(ccc4c5c6c(ccc5c5c7c(ccc5c34)B3c4ccc(C)cc4Oc4cc(C)cc(c43)O7)B3c4ccc(C)cc4Oc4cc(C)cc(c43)O6)B3c4ccc(C)cc4OC(=C1)C32. The number of allylic oxidation sites excluding steroid dienone is 2. The van der Waals surface area contributed by atoms with Crippen LogP contribution in [0.4, 0.5) is 0 Å². The maximum Gasteiger partial charge on any atom is 0.260 e. The molecule has 0 saturated heterocycles. The fourth-order valence-corrected chi connectivity index (χ4v) is 13.2. The third-order valence-corrected chi connectivity index (χ3v) is 16.1. The van der Waals surface area contributed by atoms with Gasteiger partial charge >= 0.3 is 0 Å². The molecule has 0 saturated carbocycles. The quantitative estimate of drug-likeness (QED) is 0.112. The Morgan fingerprint density at radius 1 is 0.377 bits per heavy atom. The Kier molecular flexibility index (Phi) is 7.23. The Hall–Kier alpha value is -7.77. The van der Waals surface area contributed by atoms with Crippen LogP contribution in [0.5, 0.6) is 57.5 Å². The van der Waals surface area contributed by atoms with Gasteiger partial charge in [0.15, 0.2) is 0 Å². The largest absolute Gasteiger partial charge is 0.486 e. The summed E-state index contributed by atoms with van der Waals surface area (Å²) in [6, 6.07) is 42.4. The Morgan fingerprint density at radius 3 is 1.32 bits per heavy atom. The molecule has 9 aromatic carbocycles. The van der Waals surface area contributed by atoms with Gasteiger partial charge < -0.3 is 28.4 Å². The summed E-state index contributed by atoms with van der Waals surface area (Å²) >= 11 is 0. The van der Waals surface area contributed by atoms with Crippen molar-refractivity contribution in [3.63, 3.8) is 0 Å². The van der Waals surface area contributed by atoms with Crippen LogP contribution in [0, 0.1) is 34.6 Å². The van der Waals surface area contributed by atoms with Crippen molar-refractivity contribution in [3.05, 3.63) is 167 Å². The molecule has 1 aliphatic carbocycles. The van der Waals surface area contributed by atoms with E-state index in [2.05, 4.69) is 169 Å². The average Bonchev–Trinajstić information content (AvgIpc) is 3.32. The minimum absolute atomic E-state index is 0.00889. The number of ether oxygens (including phenoxy) is 6. The second kappa shape index (κ2) is 13.1. The Balaban J connectivity index is 1.05. The monoisotopic (exact) mass is 890 g/mol. The topological polar surface area (TPSA) is 55.4 Å². The van der Waals surface area contributed by atoms with E-state index in [9.17, 15) is 0 Å².